The minimum atomic E-state index is -0.207. The fraction of sp³-hybridized carbons (Fsp3) is 0.345. The predicted molar refractivity (Wildman–Crippen MR) is 146 cm³/mol. The Morgan fingerprint density at radius 2 is 1.83 bits per heavy atom. The van der Waals surface area contributed by atoms with Crippen LogP contribution in [0.1, 0.15) is 47.8 Å². The molecule has 2 heterocycles. The van der Waals surface area contributed by atoms with Crippen LogP contribution in [0.4, 0.5) is 0 Å². The van der Waals surface area contributed by atoms with Crippen LogP contribution in [-0.2, 0) is 11.3 Å². The van der Waals surface area contributed by atoms with Gasteiger partial charge in [0.1, 0.15) is 5.75 Å². The molecule has 0 spiro atoms. The highest BCUT2D eigenvalue weighted by Crippen LogP contribution is 2.34. The van der Waals surface area contributed by atoms with Gasteiger partial charge in [-0.15, -0.1) is 0 Å². The van der Waals surface area contributed by atoms with E-state index in [0.717, 1.165) is 45.9 Å². The van der Waals surface area contributed by atoms with E-state index in [-0.39, 0.29) is 11.5 Å². The van der Waals surface area contributed by atoms with E-state index in [4.69, 9.17) is 19.6 Å². The van der Waals surface area contributed by atoms with Gasteiger partial charge in [0, 0.05) is 36.2 Å². The van der Waals surface area contributed by atoms with Gasteiger partial charge >= 0.3 is 0 Å². The van der Waals surface area contributed by atoms with Gasteiger partial charge < -0.3 is 14.0 Å². The number of aromatic nitrogens is 3. The summed E-state index contributed by atoms with van der Waals surface area (Å²) in [6, 6.07) is 13.5. The van der Waals surface area contributed by atoms with Crippen molar-refractivity contribution in [2.45, 2.75) is 47.1 Å². The first-order valence-electron chi connectivity index (χ1n) is 12.2. The molecule has 2 aromatic heterocycles. The summed E-state index contributed by atoms with van der Waals surface area (Å²) < 4.78 is 14.5. The fourth-order valence-electron chi connectivity index (χ4n) is 4.58. The second-order valence-corrected chi connectivity index (χ2v) is 9.35. The molecule has 7 nitrogen and oxygen atoms in total. The predicted octanol–water partition coefficient (Wildman–Crippen LogP) is 5.45. The largest absolute Gasteiger partial charge is 0.496 e. The van der Waals surface area contributed by atoms with Gasteiger partial charge in [-0.1, -0.05) is 26.0 Å². The van der Waals surface area contributed by atoms with Crippen LogP contribution in [0.3, 0.4) is 0 Å². The smallest absolute Gasteiger partial charge is 0.282 e. The first-order chi connectivity index (χ1) is 17.3. The topological polar surface area (TPSA) is 70.6 Å². The molecule has 0 N–H and O–H groups in total. The van der Waals surface area contributed by atoms with Crippen molar-refractivity contribution in [3.63, 3.8) is 0 Å². The van der Waals surface area contributed by atoms with E-state index in [2.05, 4.69) is 44.4 Å². The van der Waals surface area contributed by atoms with E-state index in [1.54, 1.807) is 26.5 Å². The number of methoxy groups -OCH3 is 2. The first kappa shape index (κ1) is 25.4. The van der Waals surface area contributed by atoms with Gasteiger partial charge in [0.2, 0.25) is 0 Å². The molecule has 0 bridgehead atoms. The molecule has 0 aliphatic carbocycles. The van der Waals surface area contributed by atoms with Crippen LogP contribution < -0.4 is 10.3 Å². The summed E-state index contributed by atoms with van der Waals surface area (Å²) in [5.41, 5.74) is 6.43. The zero-order valence-corrected chi connectivity index (χ0v) is 22.1. The van der Waals surface area contributed by atoms with Crippen molar-refractivity contribution in [3.05, 3.63) is 80.9 Å². The normalized spacial score (nSPS) is 11.8. The molecule has 0 aliphatic rings. The minimum absolute atomic E-state index is 0.207. The molecule has 7 heteroatoms. The summed E-state index contributed by atoms with van der Waals surface area (Å²) >= 11 is 0. The molecule has 0 saturated carbocycles. The van der Waals surface area contributed by atoms with E-state index < -0.39 is 0 Å². The summed E-state index contributed by atoms with van der Waals surface area (Å²) in [7, 11) is 3.38. The Morgan fingerprint density at radius 3 is 2.53 bits per heavy atom. The Hall–Kier alpha value is -3.71. The number of para-hydroxylation sites is 1. The quantitative estimate of drug-likeness (QED) is 0.311. The van der Waals surface area contributed by atoms with E-state index in [1.165, 1.54) is 4.68 Å². The van der Waals surface area contributed by atoms with Crippen LogP contribution in [0.25, 0.3) is 22.3 Å². The van der Waals surface area contributed by atoms with Gasteiger partial charge in [-0.3, -0.25) is 4.79 Å². The highest BCUT2D eigenvalue weighted by atomic mass is 16.5. The molecule has 4 rings (SSSR count). The minimum Gasteiger partial charge on any atom is -0.496 e. The fourth-order valence-corrected chi connectivity index (χ4v) is 4.58. The number of rotatable bonds is 8. The molecule has 0 fully saturated rings. The second-order valence-electron chi connectivity index (χ2n) is 9.35. The molecule has 0 unspecified atom stereocenters. The van der Waals surface area contributed by atoms with E-state index in [0.29, 0.717) is 23.3 Å². The highest BCUT2D eigenvalue weighted by molar-refractivity contribution is 5.83. The molecule has 0 radical (unpaired) electrons. The third kappa shape index (κ3) is 4.71. The lowest BCUT2D eigenvalue weighted by molar-refractivity contribution is 0.186. The van der Waals surface area contributed by atoms with Gasteiger partial charge in [-0.25, -0.2) is 4.98 Å². The van der Waals surface area contributed by atoms with Crippen molar-refractivity contribution >= 4 is 17.1 Å². The van der Waals surface area contributed by atoms with Crippen molar-refractivity contribution < 1.29 is 9.47 Å². The van der Waals surface area contributed by atoms with Crippen LogP contribution in [0.15, 0.2) is 52.4 Å². The highest BCUT2D eigenvalue weighted by Gasteiger charge is 2.18. The van der Waals surface area contributed by atoms with Crippen LogP contribution in [0.5, 0.6) is 5.75 Å². The van der Waals surface area contributed by atoms with Crippen LogP contribution in [-0.4, -0.2) is 41.3 Å². The molecule has 2 aromatic carbocycles. The lowest BCUT2D eigenvalue weighted by Crippen LogP contribution is -2.21. The number of ether oxygens (including phenoxy) is 2. The van der Waals surface area contributed by atoms with Crippen molar-refractivity contribution in [3.8, 4) is 17.1 Å². The standard InChI is InChI=1S/C29H34N4O3/c1-18(2)24-16-25(19(3)14-27(24)36-7)28-31-26-11-9-8-10-23(26)29(34)33(28)30-17-22-15-20(4)32(21(22)5)12-13-35-6/h8-11,14-18H,12-13H2,1-7H3. The Balaban J connectivity index is 1.93. The maximum Gasteiger partial charge on any atom is 0.282 e. The summed E-state index contributed by atoms with van der Waals surface area (Å²) in [5.74, 6) is 1.57. The Bertz CT molecular complexity index is 1490. The molecule has 0 atom stereocenters. The van der Waals surface area contributed by atoms with Crippen LogP contribution in [0.2, 0.25) is 0 Å². The second kappa shape index (κ2) is 10.5. The molecule has 0 aliphatic heterocycles. The van der Waals surface area contributed by atoms with Gasteiger partial charge in [0.05, 0.1) is 30.8 Å². The van der Waals surface area contributed by atoms with Gasteiger partial charge in [0.15, 0.2) is 5.82 Å². The average molecular weight is 487 g/mol. The van der Waals surface area contributed by atoms with Crippen LogP contribution >= 0.6 is 0 Å². The molecule has 188 valence electrons. The summed E-state index contributed by atoms with van der Waals surface area (Å²) in [6.45, 7) is 11.7. The SMILES string of the molecule is COCCn1c(C)cc(C=Nn2c(-c3cc(C(C)C)c(OC)cc3C)nc3ccccc3c2=O)c1C. The zero-order chi connectivity index (χ0) is 26.0. The molecular formula is C29H34N4O3. The third-order valence-corrected chi connectivity index (χ3v) is 6.64. The van der Waals surface area contributed by atoms with Gasteiger partial charge in [-0.2, -0.15) is 9.78 Å². The molecule has 0 amide bonds. The Labute approximate surface area is 212 Å². The monoisotopic (exact) mass is 486 g/mol. The molecular weight excluding hydrogens is 452 g/mol. The number of benzene rings is 2. The van der Waals surface area contributed by atoms with Crippen molar-refractivity contribution in [2.75, 3.05) is 20.8 Å². The third-order valence-electron chi connectivity index (χ3n) is 6.64. The van der Waals surface area contributed by atoms with Crippen molar-refractivity contribution in [1.82, 2.24) is 14.2 Å². The van der Waals surface area contributed by atoms with Crippen LogP contribution in [0, 0.1) is 20.8 Å². The van der Waals surface area contributed by atoms with Crippen molar-refractivity contribution in [1.29, 1.82) is 0 Å². The van der Waals surface area contributed by atoms with E-state index in [9.17, 15) is 4.79 Å². The number of aryl methyl sites for hydroxylation is 2. The molecule has 0 saturated heterocycles. The van der Waals surface area contributed by atoms with E-state index >= 15 is 0 Å². The first-order valence-corrected chi connectivity index (χ1v) is 12.2. The molecule has 4 aromatic rings. The molecule has 36 heavy (non-hydrogen) atoms. The van der Waals surface area contributed by atoms with E-state index in [1.807, 2.05) is 31.2 Å². The van der Waals surface area contributed by atoms with Crippen molar-refractivity contribution in [2.24, 2.45) is 5.10 Å². The zero-order valence-electron chi connectivity index (χ0n) is 22.1. The number of hydrogen-bond donors (Lipinski definition) is 0. The average Bonchev–Trinajstić information content (AvgIpc) is 3.13. The lowest BCUT2D eigenvalue weighted by Gasteiger charge is -2.17. The summed E-state index contributed by atoms with van der Waals surface area (Å²) in [5, 5.41) is 5.22. The maximum atomic E-state index is 13.7. The van der Waals surface area contributed by atoms with Gasteiger partial charge in [0.25, 0.3) is 5.56 Å². The lowest BCUT2D eigenvalue weighted by atomic mass is 9.96. The number of nitrogens with zero attached hydrogens (tertiary/aromatic N) is 4. The van der Waals surface area contributed by atoms with Gasteiger partial charge in [-0.05, 0) is 68.1 Å². The maximum absolute atomic E-state index is 13.7. The Morgan fingerprint density at radius 1 is 1.08 bits per heavy atom. The summed E-state index contributed by atoms with van der Waals surface area (Å²) in [6.07, 6.45) is 1.75. The Kier molecular flexibility index (Phi) is 7.40. The number of fused-ring (bicyclic) bond motifs is 1. The number of hydrogen-bond acceptors (Lipinski definition) is 5. The summed E-state index contributed by atoms with van der Waals surface area (Å²) in [4.78, 5) is 18.6.